The Balaban J connectivity index is 1.83. The van der Waals surface area contributed by atoms with Crippen molar-refractivity contribution in [1.29, 1.82) is 0 Å². The zero-order chi connectivity index (χ0) is 20.3. The highest BCUT2D eigenvalue weighted by Crippen LogP contribution is 2.34. The third-order valence-electron chi connectivity index (χ3n) is 5.83. The standard InChI is InChI=1S/C20H33N3O5/c1-4-7-20(3,8-5-2)9-6-10-21-17(24)22(11-15-13-27-15)19(26)23(18(21)25)12-16-14-28-16/h15-16H,4-14H2,1-3H3. The SMILES string of the molecule is CCCC(C)(CCC)CCCn1c(=O)n(CC2CO2)c(=O)n(CC2CO2)c1=O. The average molecular weight is 396 g/mol. The van der Waals surface area contributed by atoms with E-state index in [9.17, 15) is 14.4 Å². The van der Waals surface area contributed by atoms with Crippen LogP contribution in [0.25, 0.3) is 0 Å². The van der Waals surface area contributed by atoms with Crippen molar-refractivity contribution >= 4 is 0 Å². The average Bonchev–Trinajstić information content (AvgIpc) is 3.54. The van der Waals surface area contributed by atoms with Gasteiger partial charge in [0, 0.05) is 6.54 Å². The molecule has 0 saturated carbocycles. The smallest absolute Gasteiger partial charge is 0.336 e. The number of aromatic nitrogens is 3. The van der Waals surface area contributed by atoms with Gasteiger partial charge in [0.05, 0.1) is 38.5 Å². The highest BCUT2D eigenvalue weighted by molar-refractivity contribution is 4.85. The van der Waals surface area contributed by atoms with E-state index in [4.69, 9.17) is 9.47 Å². The summed E-state index contributed by atoms with van der Waals surface area (Å²) in [6.45, 7) is 8.49. The Kier molecular flexibility index (Phi) is 6.60. The zero-order valence-corrected chi connectivity index (χ0v) is 17.3. The molecular weight excluding hydrogens is 362 g/mol. The molecule has 3 heterocycles. The van der Waals surface area contributed by atoms with E-state index in [-0.39, 0.29) is 30.7 Å². The van der Waals surface area contributed by atoms with Crippen LogP contribution in [0.4, 0.5) is 0 Å². The van der Waals surface area contributed by atoms with Gasteiger partial charge in [-0.05, 0) is 31.1 Å². The molecule has 2 atom stereocenters. The van der Waals surface area contributed by atoms with Crippen LogP contribution in [0, 0.1) is 5.41 Å². The van der Waals surface area contributed by atoms with Gasteiger partial charge in [-0.3, -0.25) is 0 Å². The fourth-order valence-corrected chi connectivity index (χ4v) is 4.19. The van der Waals surface area contributed by atoms with Gasteiger partial charge in [-0.15, -0.1) is 0 Å². The van der Waals surface area contributed by atoms with Crippen molar-refractivity contribution in [3.8, 4) is 0 Å². The first-order chi connectivity index (χ1) is 13.4. The van der Waals surface area contributed by atoms with Crippen LogP contribution < -0.4 is 17.1 Å². The Morgan fingerprint density at radius 3 is 1.64 bits per heavy atom. The highest BCUT2D eigenvalue weighted by atomic mass is 16.6. The molecule has 0 aliphatic carbocycles. The number of epoxide rings is 2. The van der Waals surface area contributed by atoms with Gasteiger partial charge in [-0.2, -0.15) is 0 Å². The van der Waals surface area contributed by atoms with Crippen LogP contribution in [-0.4, -0.2) is 39.1 Å². The van der Waals surface area contributed by atoms with Crippen molar-refractivity contribution in [2.24, 2.45) is 5.41 Å². The van der Waals surface area contributed by atoms with Gasteiger partial charge in [-0.25, -0.2) is 28.1 Å². The first-order valence-electron chi connectivity index (χ1n) is 10.6. The van der Waals surface area contributed by atoms with Crippen molar-refractivity contribution in [1.82, 2.24) is 13.7 Å². The zero-order valence-electron chi connectivity index (χ0n) is 17.3. The molecular formula is C20H33N3O5. The summed E-state index contributed by atoms with van der Waals surface area (Å²) >= 11 is 0. The molecule has 2 unspecified atom stereocenters. The normalized spacial score (nSPS) is 21.1. The lowest BCUT2D eigenvalue weighted by Gasteiger charge is -2.29. The highest BCUT2D eigenvalue weighted by Gasteiger charge is 2.29. The molecule has 2 fully saturated rings. The Morgan fingerprint density at radius 2 is 1.25 bits per heavy atom. The third-order valence-corrected chi connectivity index (χ3v) is 5.83. The minimum Gasteiger partial charge on any atom is -0.371 e. The molecule has 2 aliphatic heterocycles. The molecule has 0 spiro atoms. The van der Waals surface area contributed by atoms with E-state index in [1.54, 1.807) is 0 Å². The second-order valence-electron chi connectivity index (χ2n) is 8.55. The molecule has 1 aromatic heterocycles. The third kappa shape index (κ3) is 5.03. The summed E-state index contributed by atoms with van der Waals surface area (Å²) in [4.78, 5) is 38.4. The van der Waals surface area contributed by atoms with E-state index in [0.717, 1.165) is 47.7 Å². The number of ether oxygens (including phenoxy) is 2. The Morgan fingerprint density at radius 1 is 0.821 bits per heavy atom. The summed E-state index contributed by atoms with van der Waals surface area (Å²) in [7, 11) is 0. The van der Waals surface area contributed by atoms with Gasteiger partial charge < -0.3 is 9.47 Å². The maximum absolute atomic E-state index is 12.9. The molecule has 0 amide bonds. The summed E-state index contributed by atoms with van der Waals surface area (Å²) in [5.74, 6) is 0. The minimum absolute atomic E-state index is 0.112. The van der Waals surface area contributed by atoms with Gasteiger partial charge >= 0.3 is 17.1 Å². The number of nitrogens with zero attached hydrogens (tertiary/aromatic N) is 3. The van der Waals surface area contributed by atoms with Crippen molar-refractivity contribution in [3.63, 3.8) is 0 Å². The van der Waals surface area contributed by atoms with Crippen LogP contribution in [0.5, 0.6) is 0 Å². The van der Waals surface area contributed by atoms with Crippen molar-refractivity contribution in [2.75, 3.05) is 13.2 Å². The van der Waals surface area contributed by atoms with Crippen LogP contribution in [0.3, 0.4) is 0 Å². The molecule has 8 nitrogen and oxygen atoms in total. The molecule has 0 radical (unpaired) electrons. The topological polar surface area (TPSA) is 91.1 Å². The van der Waals surface area contributed by atoms with Crippen LogP contribution in [0.1, 0.15) is 59.3 Å². The van der Waals surface area contributed by atoms with E-state index in [0.29, 0.717) is 19.8 Å². The van der Waals surface area contributed by atoms with Crippen molar-refractivity contribution < 1.29 is 9.47 Å². The van der Waals surface area contributed by atoms with E-state index in [1.807, 2.05) is 0 Å². The van der Waals surface area contributed by atoms with Gasteiger partial charge in [0.1, 0.15) is 0 Å². The van der Waals surface area contributed by atoms with E-state index < -0.39 is 17.1 Å². The van der Waals surface area contributed by atoms with Gasteiger partial charge in [-0.1, -0.05) is 33.6 Å². The molecule has 0 aromatic carbocycles. The summed E-state index contributed by atoms with van der Waals surface area (Å²) in [5, 5.41) is 0. The number of hydrogen-bond acceptors (Lipinski definition) is 5. The lowest BCUT2D eigenvalue weighted by Crippen LogP contribution is -2.55. The Hall–Kier alpha value is -1.67. The quantitative estimate of drug-likeness (QED) is 0.498. The molecule has 3 rings (SSSR count). The number of hydrogen-bond donors (Lipinski definition) is 0. The maximum Gasteiger partial charge on any atom is 0.336 e. The van der Waals surface area contributed by atoms with Gasteiger partial charge in [0.2, 0.25) is 0 Å². The van der Waals surface area contributed by atoms with Crippen molar-refractivity contribution in [3.05, 3.63) is 31.5 Å². The van der Waals surface area contributed by atoms with E-state index in [1.165, 1.54) is 4.57 Å². The lowest BCUT2D eigenvalue weighted by molar-refractivity contribution is 0.231. The van der Waals surface area contributed by atoms with Crippen LogP contribution in [-0.2, 0) is 29.1 Å². The molecule has 0 bridgehead atoms. The largest absolute Gasteiger partial charge is 0.371 e. The Bertz CT molecular complexity index is 787. The molecule has 28 heavy (non-hydrogen) atoms. The fraction of sp³-hybridized carbons (Fsp3) is 0.850. The summed E-state index contributed by atoms with van der Waals surface area (Å²) in [5.41, 5.74) is -1.37. The fourth-order valence-electron chi connectivity index (χ4n) is 4.19. The summed E-state index contributed by atoms with van der Waals surface area (Å²) < 4.78 is 13.9. The molecule has 8 heteroatoms. The first-order valence-corrected chi connectivity index (χ1v) is 10.6. The monoisotopic (exact) mass is 395 g/mol. The molecule has 0 N–H and O–H groups in total. The lowest BCUT2D eigenvalue weighted by atomic mass is 9.77. The predicted octanol–water partition coefficient (Wildman–Crippen LogP) is 1.36. The minimum atomic E-state index is -0.556. The summed E-state index contributed by atoms with van der Waals surface area (Å²) in [6.07, 6.45) is 5.99. The van der Waals surface area contributed by atoms with Gasteiger partial charge in [0.15, 0.2) is 0 Å². The predicted molar refractivity (Wildman–Crippen MR) is 106 cm³/mol. The first kappa shape index (κ1) is 21.0. The maximum atomic E-state index is 12.9. The van der Waals surface area contributed by atoms with Gasteiger partial charge in [0.25, 0.3) is 0 Å². The molecule has 158 valence electrons. The second kappa shape index (κ2) is 8.78. The van der Waals surface area contributed by atoms with E-state index in [2.05, 4.69) is 20.8 Å². The van der Waals surface area contributed by atoms with Crippen LogP contribution >= 0.6 is 0 Å². The second-order valence-corrected chi connectivity index (χ2v) is 8.55. The van der Waals surface area contributed by atoms with Crippen molar-refractivity contribution in [2.45, 2.75) is 91.1 Å². The van der Waals surface area contributed by atoms with E-state index >= 15 is 0 Å². The molecule has 2 saturated heterocycles. The molecule has 1 aromatic rings. The number of rotatable bonds is 12. The Labute approximate surface area is 165 Å². The molecule has 2 aliphatic rings. The summed E-state index contributed by atoms with van der Waals surface area (Å²) in [6, 6.07) is 0. The van der Waals surface area contributed by atoms with Crippen LogP contribution in [0.2, 0.25) is 0 Å². The van der Waals surface area contributed by atoms with Crippen LogP contribution in [0.15, 0.2) is 14.4 Å².